The number of urea groups is 1. The lowest BCUT2D eigenvalue weighted by molar-refractivity contribution is 0.179. The van der Waals surface area contributed by atoms with Gasteiger partial charge in [0.2, 0.25) is 0 Å². The Hall–Kier alpha value is -2.63. The number of pyridine rings is 1. The summed E-state index contributed by atoms with van der Waals surface area (Å²) in [5.41, 5.74) is 1.01. The number of hydrogen-bond donors (Lipinski definition) is 1. The maximum Gasteiger partial charge on any atom is 0.317 e. The van der Waals surface area contributed by atoms with Crippen LogP contribution in [0.3, 0.4) is 0 Å². The van der Waals surface area contributed by atoms with E-state index in [4.69, 9.17) is 4.74 Å². The van der Waals surface area contributed by atoms with Crippen LogP contribution in [0.2, 0.25) is 0 Å². The number of carbonyl (C=O) groups excluding carboxylic acids is 1. The van der Waals surface area contributed by atoms with Crippen molar-refractivity contribution in [3.05, 3.63) is 60.2 Å². The highest BCUT2D eigenvalue weighted by molar-refractivity contribution is 5.74. The van der Waals surface area contributed by atoms with Gasteiger partial charge in [0.05, 0.1) is 12.6 Å². The molecule has 0 unspecified atom stereocenters. The van der Waals surface area contributed by atoms with Gasteiger partial charge in [0, 0.05) is 19.4 Å². The van der Waals surface area contributed by atoms with E-state index < -0.39 is 0 Å². The van der Waals surface area contributed by atoms with Crippen molar-refractivity contribution in [2.45, 2.75) is 26.0 Å². The second-order valence-corrected chi connectivity index (χ2v) is 5.64. The second kappa shape index (κ2) is 8.29. The monoisotopic (exact) mass is 331 g/mol. The summed E-state index contributed by atoms with van der Waals surface area (Å²) in [5.74, 6) is 0.256. The van der Waals surface area contributed by atoms with Crippen LogP contribution in [0.5, 0.6) is 5.75 Å². The fourth-order valence-corrected chi connectivity index (χ4v) is 2.18. The van der Waals surface area contributed by atoms with Crippen LogP contribution in [0.1, 0.15) is 25.5 Å². The van der Waals surface area contributed by atoms with E-state index in [0.29, 0.717) is 12.3 Å². The topological polar surface area (TPSA) is 54.5 Å². The number of aromatic nitrogens is 1. The second-order valence-electron chi connectivity index (χ2n) is 5.64. The zero-order valence-electron chi connectivity index (χ0n) is 14.1. The van der Waals surface area contributed by atoms with E-state index in [0.717, 1.165) is 5.56 Å². The van der Waals surface area contributed by atoms with Gasteiger partial charge >= 0.3 is 6.03 Å². The van der Waals surface area contributed by atoms with Crippen molar-refractivity contribution in [2.24, 2.45) is 0 Å². The highest BCUT2D eigenvalue weighted by Crippen LogP contribution is 2.17. The summed E-state index contributed by atoms with van der Waals surface area (Å²) in [6.07, 6.45) is 3.18. The highest BCUT2D eigenvalue weighted by Gasteiger charge is 2.17. The van der Waals surface area contributed by atoms with Crippen molar-refractivity contribution in [3.8, 4) is 5.75 Å². The molecular weight excluding hydrogens is 309 g/mol. The maximum absolute atomic E-state index is 12.9. The van der Waals surface area contributed by atoms with Gasteiger partial charge in [-0.25, -0.2) is 9.18 Å². The van der Waals surface area contributed by atoms with Crippen molar-refractivity contribution < 1.29 is 13.9 Å². The average Bonchev–Trinajstić information content (AvgIpc) is 2.61. The minimum atomic E-state index is -0.310. The SMILES string of the molecule is C[C@H](CNC(=O)N(C)[C@H](C)c1ccncc1)Oc1ccc(F)cc1. The van der Waals surface area contributed by atoms with E-state index >= 15 is 0 Å². The fraction of sp³-hybridized carbons (Fsp3) is 0.333. The summed E-state index contributed by atoms with van der Waals surface area (Å²) in [7, 11) is 1.74. The molecule has 1 aromatic heterocycles. The van der Waals surface area contributed by atoms with Crippen LogP contribution < -0.4 is 10.1 Å². The molecule has 0 radical (unpaired) electrons. The van der Waals surface area contributed by atoms with E-state index in [-0.39, 0.29) is 24.0 Å². The molecule has 0 bridgehead atoms. The third-order valence-electron chi connectivity index (χ3n) is 3.78. The number of hydrogen-bond acceptors (Lipinski definition) is 3. The first-order valence-electron chi connectivity index (χ1n) is 7.80. The molecule has 2 rings (SSSR count). The fourth-order valence-electron chi connectivity index (χ4n) is 2.18. The number of amides is 2. The Morgan fingerprint density at radius 3 is 2.46 bits per heavy atom. The molecule has 0 saturated carbocycles. The third kappa shape index (κ3) is 4.94. The summed E-state index contributed by atoms with van der Waals surface area (Å²) in [6.45, 7) is 4.15. The van der Waals surface area contributed by atoms with Crippen LogP contribution >= 0.6 is 0 Å². The Kier molecular flexibility index (Phi) is 6.12. The lowest BCUT2D eigenvalue weighted by atomic mass is 10.1. The average molecular weight is 331 g/mol. The summed E-state index contributed by atoms with van der Waals surface area (Å²) >= 11 is 0. The van der Waals surface area contributed by atoms with Gasteiger partial charge in [-0.3, -0.25) is 4.98 Å². The molecule has 1 heterocycles. The van der Waals surface area contributed by atoms with Gasteiger partial charge in [0.25, 0.3) is 0 Å². The quantitative estimate of drug-likeness (QED) is 0.883. The molecular formula is C18H22FN3O2. The first kappa shape index (κ1) is 17.7. The standard InChI is InChI=1S/C18H22FN3O2/c1-13(24-17-6-4-16(19)5-7-17)12-21-18(23)22(3)14(2)15-8-10-20-11-9-15/h4-11,13-14H,12H2,1-3H3,(H,21,23)/t13-,14-/m1/s1. The zero-order valence-corrected chi connectivity index (χ0v) is 14.1. The Balaban J connectivity index is 1.82. The molecule has 0 fully saturated rings. The van der Waals surface area contributed by atoms with Crippen molar-refractivity contribution in [1.29, 1.82) is 0 Å². The largest absolute Gasteiger partial charge is 0.489 e. The molecule has 2 aromatic rings. The van der Waals surface area contributed by atoms with Crippen LogP contribution in [0.4, 0.5) is 9.18 Å². The predicted octanol–water partition coefficient (Wildman–Crippen LogP) is 3.39. The van der Waals surface area contributed by atoms with Crippen molar-refractivity contribution in [1.82, 2.24) is 15.2 Å². The molecule has 2 amide bonds. The van der Waals surface area contributed by atoms with Crippen LogP contribution in [0, 0.1) is 5.82 Å². The summed E-state index contributed by atoms with van der Waals surface area (Å²) in [4.78, 5) is 17.9. The first-order chi connectivity index (χ1) is 11.5. The van der Waals surface area contributed by atoms with E-state index in [1.165, 1.54) is 12.1 Å². The van der Waals surface area contributed by atoms with Crippen LogP contribution in [0.25, 0.3) is 0 Å². The van der Waals surface area contributed by atoms with Gasteiger partial charge in [-0.2, -0.15) is 0 Å². The third-order valence-corrected chi connectivity index (χ3v) is 3.78. The van der Waals surface area contributed by atoms with E-state index in [9.17, 15) is 9.18 Å². The summed E-state index contributed by atoms with van der Waals surface area (Å²) in [6, 6.07) is 9.31. The molecule has 24 heavy (non-hydrogen) atoms. The molecule has 5 nitrogen and oxygen atoms in total. The molecule has 2 atom stereocenters. The number of carbonyl (C=O) groups is 1. The maximum atomic E-state index is 12.9. The molecule has 0 spiro atoms. The number of rotatable bonds is 6. The van der Waals surface area contributed by atoms with Gasteiger partial charge < -0.3 is 15.0 Å². The number of nitrogens with one attached hydrogen (secondary N) is 1. The Bertz CT molecular complexity index is 649. The van der Waals surface area contributed by atoms with Crippen molar-refractivity contribution in [3.63, 3.8) is 0 Å². The zero-order chi connectivity index (χ0) is 17.5. The van der Waals surface area contributed by atoms with Gasteiger partial charge in [0.15, 0.2) is 0 Å². The number of ether oxygens (including phenoxy) is 1. The highest BCUT2D eigenvalue weighted by atomic mass is 19.1. The van der Waals surface area contributed by atoms with Crippen molar-refractivity contribution in [2.75, 3.05) is 13.6 Å². The van der Waals surface area contributed by atoms with E-state index in [2.05, 4.69) is 10.3 Å². The molecule has 0 saturated heterocycles. The lowest BCUT2D eigenvalue weighted by Crippen LogP contribution is -2.42. The Labute approximate surface area is 141 Å². The molecule has 128 valence electrons. The molecule has 6 heteroatoms. The van der Waals surface area contributed by atoms with Crippen molar-refractivity contribution >= 4 is 6.03 Å². The summed E-state index contributed by atoms with van der Waals surface area (Å²) < 4.78 is 18.5. The number of halogens is 1. The van der Waals surface area contributed by atoms with Gasteiger partial charge in [0.1, 0.15) is 17.7 Å². The predicted molar refractivity (Wildman–Crippen MR) is 90.3 cm³/mol. The van der Waals surface area contributed by atoms with Gasteiger partial charge in [-0.05, 0) is 55.8 Å². The number of nitrogens with zero attached hydrogens (tertiary/aromatic N) is 2. The lowest BCUT2D eigenvalue weighted by Gasteiger charge is -2.26. The molecule has 1 aromatic carbocycles. The Morgan fingerprint density at radius 2 is 1.83 bits per heavy atom. The van der Waals surface area contributed by atoms with E-state index in [1.54, 1.807) is 36.5 Å². The first-order valence-corrected chi connectivity index (χ1v) is 7.80. The van der Waals surface area contributed by atoms with Crippen LogP contribution in [-0.2, 0) is 0 Å². The van der Waals surface area contributed by atoms with Gasteiger partial charge in [-0.15, -0.1) is 0 Å². The molecule has 0 aliphatic carbocycles. The van der Waals surface area contributed by atoms with Crippen LogP contribution in [0.15, 0.2) is 48.8 Å². The van der Waals surface area contributed by atoms with Gasteiger partial charge in [-0.1, -0.05) is 0 Å². The minimum absolute atomic E-state index is 0.0682. The Morgan fingerprint density at radius 1 is 1.21 bits per heavy atom. The summed E-state index contributed by atoms with van der Waals surface area (Å²) in [5, 5.41) is 2.84. The molecule has 0 aliphatic heterocycles. The minimum Gasteiger partial charge on any atom is -0.489 e. The normalized spacial score (nSPS) is 13.0. The van der Waals surface area contributed by atoms with E-state index in [1.807, 2.05) is 26.0 Å². The van der Waals surface area contributed by atoms with Crippen LogP contribution in [-0.4, -0.2) is 35.6 Å². The molecule has 1 N–H and O–H groups in total. The smallest absolute Gasteiger partial charge is 0.317 e. The molecule has 0 aliphatic rings. The number of benzene rings is 1.